The summed E-state index contributed by atoms with van der Waals surface area (Å²) in [5, 5.41) is 0.762. The molecule has 1 fully saturated rings. The first kappa shape index (κ1) is 19.7. The molecule has 0 aliphatic carbocycles. The molecule has 7 heteroatoms. The van der Waals surface area contributed by atoms with Crippen molar-refractivity contribution in [1.29, 1.82) is 0 Å². The van der Waals surface area contributed by atoms with E-state index in [4.69, 9.17) is 0 Å². The van der Waals surface area contributed by atoms with Crippen LogP contribution < -0.4 is 0 Å². The molecule has 4 rings (SSSR count). The Hall–Kier alpha value is -2.64. The third-order valence-corrected chi connectivity index (χ3v) is 6.15. The molecule has 1 aliphatic rings. The summed E-state index contributed by atoms with van der Waals surface area (Å²) in [5.74, 6) is 1.12. The van der Waals surface area contributed by atoms with Gasteiger partial charge in [0.15, 0.2) is 0 Å². The summed E-state index contributed by atoms with van der Waals surface area (Å²) in [6.07, 6.45) is 6.51. The highest BCUT2D eigenvalue weighted by Crippen LogP contribution is 2.29. The zero-order valence-corrected chi connectivity index (χ0v) is 17.4. The van der Waals surface area contributed by atoms with Crippen LogP contribution >= 0.6 is 11.8 Å². The predicted molar refractivity (Wildman–Crippen MR) is 114 cm³/mol. The second-order valence-corrected chi connectivity index (χ2v) is 8.21. The van der Waals surface area contributed by atoms with Gasteiger partial charge in [-0.15, -0.1) is 0 Å². The van der Waals surface area contributed by atoms with E-state index in [0.29, 0.717) is 12.1 Å². The number of aromatic nitrogens is 3. The number of hydrogen-bond acceptors (Lipinski definition) is 5. The van der Waals surface area contributed by atoms with Gasteiger partial charge in [0.25, 0.3) is 5.91 Å². The minimum absolute atomic E-state index is 0.0652. The lowest BCUT2D eigenvalue weighted by atomic mass is 10.2. The summed E-state index contributed by atoms with van der Waals surface area (Å²) in [7, 11) is 2.02. The molecule has 1 aromatic carbocycles. The van der Waals surface area contributed by atoms with Gasteiger partial charge in [-0.1, -0.05) is 30.0 Å². The number of amides is 1. The maximum absolute atomic E-state index is 13.3. The highest BCUT2D eigenvalue weighted by Gasteiger charge is 2.23. The Kier molecular flexibility index (Phi) is 6.27. The third-order valence-electron chi connectivity index (χ3n) is 5.12. The lowest BCUT2D eigenvalue weighted by Gasteiger charge is -2.22. The predicted octanol–water partition coefficient (Wildman–Crippen LogP) is 3.31. The van der Waals surface area contributed by atoms with E-state index < -0.39 is 0 Å². The summed E-state index contributed by atoms with van der Waals surface area (Å²) < 4.78 is 2.05. The van der Waals surface area contributed by atoms with Gasteiger partial charge in [0.05, 0.1) is 12.1 Å². The number of imidazole rings is 1. The Morgan fingerprint density at radius 3 is 2.66 bits per heavy atom. The second kappa shape index (κ2) is 9.24. The van der Waals surface area contributed by atoms with Crippen LogP contribution in [-0.4, -0.2) is 56.4 Å². The maximum atomic E-state index is 13.3. The fourth-order valence-corrected chi connectivity index (χ4v) is 4.38. The molecule has 29 heavy (non-hydrogen) atoms. The first-order valence-electron chi connectivity index (χ1n) is 9.86. The minimum Gasteiger partial charge on any atom is -0.337 e. The Bertz CT molecular complexity index is 959. The molecule has 1 saturated heterocycles. The average Bonchev–Trinajstić information content (AvgIpc) is 3.00. The molecule has 0 spiro atoms. The van der Waals surface area contributed by atoms with Gasteiger partial charge in [-0.2, -0.15) is 0 Å². The number of benzene rings is 1. The number of nitrogens with zero attached hydrogens (tertiary/aromatic N) is 5. The van der Waals surface area contributed by atoms with Crippen molar-refractivity contribution < 1.29 is 4.79 Å². The number of pyridine rings is 1. The van der Waals surface area contributed by atoms with E-state index in [1.165, 1.54) is 11.8 Å². The average molecular weight is 408 g/mol. The van der Waals surface area contributed by atoms with Gasteiger partial charge in [-0.25, -0.2) is 9.97 Å². The topological polar surface area (TPSA) is 54.3 Å². The van der Waals surface area contributed by atoms with Gasteiger partial charge in [-0.05, 0) is 30.7 Å². The fourth-order valence-electron chi connectivity index (χ4n) is 3.49. The van der Waals surface area contributed by atoms with Crippen molar-refractivity contribution >= 4 is 17.7 Å². The number of carbonyl (C=O) groups is 1. The Labute approximate surface area is 175 Å². The van der Waals surface area contributed by atoms with E-state index in [2.05, 4.69) is 19.4 Å². The fraction of sp³-hybridized carbons (Fsp3) is 0.318. The van der Waals surface area contributed by atoms with Crippen LogP contribution in [0.2, 0.25) is 0 Å². The quantitative estimate of drug-likeness (QED) is 0.649. The van der Waals surface area contributed by atoms with Crippen LogP contribution in [0.4, 0.5) is 0 Å². The van der Waals surface area contributed by atoms with E-state index in [0.717, 1.165) is 48.3 Å². The van der Waals surface area contributed by atoms with Gasteiger partial charge in [0.1, 0.15) is 10.9 Å². The molecule has 1 aliphatic heterocycles. The number of aryl methyl sites for hydroxylation is 1. The molecule has 0 radical (unpaired) electrons. The molecule has 0 bridgehead atoms. The molecule has 2 aromatic heterocycles. The third kappa shape index (κ3) is 4.86. The number of hydrogen-bond donors (Lipinski definition) is 0. The van der Waals surface area contributed by atoms with Gasteiger partial charge in [0.2, 0.25) is 0 Å². The SMILES string of the molecule is Cn1ccnc1CN1CCCN(C(=O)c2cccnc2Sc2ccccc2)CC1. The van der Waals surface area contributed by atoms with E-state index in [1.807, 2.05) is 66.8 Å². The zero-order chi connectivity index (χ0) is 20.1. The molecule has 0 N–H and O–H groups in total. The normalized spacial score (nSPS) is 15.3. The van der Waals surface area contributed by atoms with Crippen LogP contribution in [0.1, 0.15) is 22.6 Å². The molecule has 0 unspecified atom stereocenters. The van der Waals surface area contributed by atoms with Gasteiger partial charge >= 0.3 is 0 Å². The van der Waals surface area contributed by atoms with Crippen molar-refractivity contribution in [2.45, 2.75) is 22.9 Å². The summed E-state index contributed by atoms with van der Waals surface area (Å²) in [6, 6.07) is 13.8. The Morgan fingerprint density at radius 1 is 1.00 bits per heavy atom. The first-order valence-corrected chi connectivity index (χ1v) is 10.7. The van der Waals surface area contributed by atoms with Gasteiger partial charge in [-0.3, -0.25) is 9.69 Å². The molecule has 150 valence electrons. The van der Waals surface area contributed by atoms with Crippen LogP contribution in [-0.2, 0) is 13.6 Å². The summed E-state index contributed by atoms with van der Waals surface area (Å²) in [4.78, 5) is 27.6. The lowest BCUT2D eigenvalue weighted by Crippen LogP contribution is -2.35. The van der Waals surface area contributed by atoms with E-state index in [1.54, 1.807) is 6.20 Å². The van der Waals surface area contributed by atoms with Crippen LogP contribution in [0.15, 0.2) is 71.0 Å². The van der Waals surface area contributed by atoms with Crippen molar-refractivity contribution in [3.63, 3.8) is 0 Å². The summed E-state index contributed by atoms with van der Waals surface area (Å²) in [6.45, 7) is 4.11. The number of carbonyl (C=O) groups excluding carboxylic acids is 1. The van der Waals surface area contributed by atoms with Crippen LogP contribution in [0, 0.1) is 0 Å². The minimum atomic E-state index is 0.0652. The molecule has 6 nitrogen and oxygen atoms in total. The summed E-state index contributed by atoms with van der Waals surface area (Å²) in [5.41, 5.74) is 0.680. The van der Waals surface area contributed by atoms with Gasteiger partial charge in [0, 0.05) is 56.7 Å². The highest BCUT2D eigenvalue weighted by molar-refractivity contribution is 7.99. The molecule has 3 aromatic rings. The molecule has 0 saturated carbocycles. The number of rotatable bonds is 5. The van der Waals surface area contributed by atoms with Crippen molar-refractivity contribution in [3.8, 4) is 0 Å². The molecule has 0 atom stereocenters. The largest absolute Gasteiger partial charge is 0.337 e. The van der Waals surface area contributed by atoms with Crippen molar-refractivity contribution in [2.75, 3.05) is 26.2 Å². The summed E-state index contributed by atoms with van der Waals surface area (Å²) >= 11 is 1.54. The van der Waals surface area contributed by atoms with Crippen molar-refractivity contribution in [3.05, 3.63) is 72.4 Å². The van der Waals surface area contributed by atoms with Crippen molar-refractivity contribution in [2.24, 2.45) is 7.05 Å². The second-order valence-electron chi connectivity index (χ2n) is 7.15. The Balaban J connectivity index is 1.44. The van der Waals surface area contributed by atoms with Crippen LogP contribution in [0.3, 0.4) is 0 Å². The highest BCUT2D eigenvalue weighted by atomic mass is 32.2. The standard InChI is InChI=1S/C22H25N5OS/c1-25-14-11-23-20(25)17-26-12-6-13-27(16-15-26)22(28)19-9-5-10-24-21(19)29-18-7-3-2-4-8-18/h2-5,7-11,14H,6,12-13,15-17H2,1H3. The van der Waals surface area contributed by atoms with E-state index in [9.17, 15) is 4.79 Å². The maximum Gasteiger partial charge on any atom is 0.256 e. The van der Waals surface area contributed by atoms with E-state index in [-0.39, 0.29) is 5.91 Å². The first-order chi connectivity index (χ1) is 14.2. The lowest BCUT2D eigenvalue weighted by molar-refractivity contribution is 0.0756. The monoisotopic (exact) mass is 407 g/mol. The van der Waals surface area contributed by atoms with Crippen molar-refractivity contribution in [1.82, 2.24) is 24.3 Å². The molecule has 1 amide bonds. The van der Waals surface area contributed by atoms with Crippen LogP contribution in [0.5, 0.6) is 0 Å². The zero-order valence-electron chi connectivity index (χ0n) is 16.6. The van der Waals surface area contributed by atoms with E-state index >= 15 is 0 Å². The van der Waals surface area contributed by atoms with Gasteiger partial charge < -0.3 is 9.47 Å². The smallest absolute Gasteiger partial charge is 0.256 e. The van der Waals surface area contributed by atoms with Crippen LogP contribution in [0.25, 0.3) is 0 Å². The molecular formula is C22H25N5OS. The molecule has 3 heterocycles. The Morgan fingerprint density at radius 2 is 1.86 bits per heavy atom. The molecular weight excluding hydrogens is 382 g/mol.